The van der Waals surface area contributed by atoms with E-state index in [4.69, 9.17) is 0 Å². The summed E-state index contributed by atoms with van der Waals surface area (Å²) in [5.41, 5.74) is 0. The highest BCUT2D eigenvalue weighted by molar-refractivity contribution is 7.89. The summed E-state index contributed by atoms with van der Waals surface area (Å²) in [6.45, 7) is 7.34. The number of hydrogen-bond donors (Lipinski definition) is 0. The Kier molecular flexibility index (Phi) is 6.62. The number of sulfonamides is 1. The van der Waals surface area contributed by atoms with E-state index in [1.54, 1.807) is 18.2 Å². The number of amides is 1. The number of carbonyl (C=O) groups excluding carboxylic acids is 1. The maximum absolute atomic E-state index is 13.0. The zero-order valence-corrected chi connectivity index (χ0v) is 17.2. The number of fused-ring (bicyclic) bond motifs is 1. The van der Waals surface area contributed by atoms with Gasteiger partial charge in [0.15, 0.2) is 0 Å². The minimum absolute atomic E-state index is 0.252. The monoisotopic (exact) mass is 385 g/mol. The maximum atomic E-state index is 13.0. The SMILES string of the molecule is CC(C)S(=O)(=O)N1CCCN(CC(=O)N2CCCC3CCCCC32)CC1. The molecule has 2 atom stereocenters. The molecule has 7 heteroatoms. The summed E-state index contributed by atoms with van der Waals surface area (Å²) in [5.74, 6) is 0.957. The van der Waals surface area contributed by atoms with Gasteiger partial charge in [-0.05, 0) is 58.4 Å². The molecular formula is C19H35N3O3S. The lowest BCUT2D eigenvalue weighted by molar-refractivity contribution is -0.138. The van der Waals surface area contributed by atoms with Crippen molar-refractivity contribution in [1.82, 2.24) is 14.1 Å². The lowest BCUT2D eigenvalue weighted by Gasteiger charge is -2.44. The van der Waals surface area contributed by atoms with E-state index in [0.29, 0.717) is 38.1 Å². The van der Waals surface area contributed by atoms with Gasteiger partial charge in [0.1, 0.15) is 0 Å². The topological polar surface area (TPSA) is 60.9 Å². The molecule has 2 saturated heterocycles. The van der Waals surface area contributed by atoms with E-state index < -0.39 is 10.0 Å². The zero-order chi connectivity index (χ0) is 18.7. The number of nitrogens with zero attached hydrogens (tertiary/aromatic N) is 3. The molecule has 2 unspecified atom stereocenters. The van der Waals surface area contributed by atoms with Crippen LogP contribution in [-0.2, 0) is 14.8 Å². The van der Waals surface area contributed by atoms with Crippen molar-refractivity contribution < 1.29 is 13.2 Å². The molecule has 0 bridgehead atoms. The van der Waals surface area contributed by atoms with Crippen LogP contribution in [0, 0.1) is 5.92 Å². The molecule has 0 N–H and O–H groups in total. The fraction of sp³-hybridized carbons (Fsp3) is 0.947. The second kappa shape index (κ2) is 8.57. The fourth-order valence-electron chi connectivity index (χ4n) is 4.87. The highest BCUT2D eigenvalue weighted by Gasteiger charge is 2.36. The first-order valence-electron chi connectivity index (χ1n) is 10.4. The Balaban J connectivity index is 1.56. The summed E-state index contributed by atoms with van der Waals surface area (Å²) in [5, 5.41) is -0.382. The summed E-state index contributed by atoms with van der Waals surface area (Å²) in [6, 6.07) is 0.454. The highest BCUT2D eigenvalue weighted by atomic mass is 32.2. The van der Waals surface area contributed by atoms with Crippen LogP contribution in [0.2, 0.25) is 0 Å². The van der Waals surface area contributed by atoms with Crippen LogP contribution in [0.3, 0.4) is 0 Å². The van der Waals surface area contributed by atoms with E-state index in [-0.39, 0.29) is 11.2 Å². The van der Waals surface area contributed by atoms with Gasteiger partial charge in [-0.2, -0.15) is 0 Å². The third-order valence-corrected chi connectivity index (χ3v) is 8.70. The third-order valence-electron chi connectivity index (χ3n) is 6.43. The van der Waals surface area contributed by atoms with E-state index in [1.807, 2.05) is 0 Å². The normalized spacial score (nSPS) is 29.4. The van der Waals surface area contributed by atoms with Crippen LogP contribution in [0.1, 0.15) is 58.8 Å². The third kappa shape index (κ3) is 4.42. The Morgan fingerprint density at radius 3 is 2.42 bits per heavy atom. The van der Waals surface area contributed by atoms with E-state index in [1.165, 1.54) is 25.7 Å². The first-order chi connectivity index (χ1) is 12.4. The molecule has 150 valence electrons. The molecule has 0 spiro atoms. The first-order valence-corrected chi connectivity index (χ1v) is 11.9. The minimum Gasteiger partial charge on any atom is -0.338 e. The van der Waals surface area contributed by atoms with Crippen LogP contribution >= 0.6 is 0 Å². The average Bonchev–Trinajstić information content (AvgIpc) is 2.87. The summed E-state index contributed by atoms with van der Waals surface area (Å²) in [4.78, 5) is 17.3. The van der Waals surface area contributed by atoms with Gasteiger partial charge in [0.2, 0.25) is 15.9 Å². The van der Waals surface area contributed by atoms with Crippen molar-refractivity contribution in [2.24, 2.45) is 5.92 Å². The molecular weight excluding hydrogens is 350 g/mol. The Hall–Kier alpha value is -0.660. The quantitative estimate of drug-likeness (QED) is 0.742. The first kappa shape index (κ1) is 20.1. The molecule has 1 aliphatic carbocycles. The molecule has 3 fully saturated rings. The lowest BCUT2D eigenvalue weighted by Crippen LogP contribution is -2.52. The molecule has 6 nitrogen and oxygen atoms in total. The van der Waals surface area contributed by atoms with Gasteiger partial charge in [-0.25, -0.2) is 12.7 Å². The summed E-state index contributed by atoms with van der Waals surface area (Å²) < 4.78 is 26.4. The number of hydrogen-bond acceptors (Lipinski definition) is 4. The van der Waals surface area contributed by atoms with Crippen LogP contribution in [0.25, 0.3) is 0 Å². The van der Waals surface area contributed by atoms with Gasteiger partial charge >= 0.3 is 0 Å². The second-order valence-electron chi connectivity index (χ2n) is 8.46. The van der Waals surface area contributed by atoms with E-state index in [9.17, 15) is 13.2 Å². The zero-order valence-electron chi connectivity index (χ0n) is 16.4. The van der Waals surface area contributed by atoms with Crippen molar-refractivity contribution >= 4 is 15.9 Å². The largest absolute Gasteiger partial charge is 0.338 e. The molecule has 1 amide bonds. The standard InChI is InChI=1S/C19H35N3O3S/c1-16(2)26(24,25)21-11-6-10-20(13-14-21)15-19(23)22-12-5-8-17-7-3-4-9-18(17)22/h16-18H,3-15H2,1-2H3. The molecule has 3 rings (SSSR count). The minimum atomic E-state index is -3.20. The summed E-state index contributed by atoms with van der Waals surface area (Å²) in [6.07, 6.45) is 8.21. The smallest absolute Gasteiger partial charge is 0.237 e. The predicted molar refractivity (Wildman–Crippen MR) is 103 cm³/mol. The van der Waals surface area contributed by atoms with Crippen molar-refractivity contribution in [3.8, 4) is 0 Å². The molecule has 0 aromatic carbocycles. The Bertz CT molecular complexity index is 591. The van der Waals surface area contributed by atoms with Crippen LogP contribution in [-0.4, -0.2) is 79.0 Å². The van der Waals surface area contributed by atoms with Crippen LogP contribution < -0.4 is 0 Å². The summed E-state index contributed by atoms with van der Waals surface area (Å²) >= 11 is 0. The average molecular weight is 386 g/mol. The van der Waals surface area contributed by atoms with Crippen LogP contribution in [0.15, 0.2) is 0 Å². The van der Waals surface area contributed by atoms with Crippen molar-refractivity contribution in [2.75, 3.05) is 39.3 Å². The summed E-state index contributed by atoms with van der Waals surface area (Å²) in [7, 11) is -3.20. The molecule has 3 aliphatic rings. The number of rotatable bonds is 4. The van der Waals surface area contributed by atoms with Gasteiger partial charge in [-0.3, -0.25) is 9.69 Å². The Labute approximate surface area is 158 Å². The predicted octanol–water partition coefficient (Wildman–Crippen LogP) is 1.91. The van der Waals surface area contributed by atoms with Gasteiger partial charge < -0.3 is 4.90 Å². The van der Waals surface area contributed by atoms with Crippen molar-refractivity contribution in [3.05, 3.63) is 0 Å². The molecule has 26 heavy (non-hydrogen) atoms. The molecule has 2 heterocycles. The van der Waals surface area contributed by atoms with Crippen LogP contribution in [0.4, 0.5) is 0 Å². The second-order valence-corrected chi connectivity index (χ2v) is 11.0. The van der Waals surface area contributed by atoms with Crippen molar-refractivity contribution in [2.45, 2.75) is 70.1 Å². The van der Waals surface area contributed by atoms with E-state index in [0.717, 1.165) is 32.4 Å². The molecule has 0 radical (unpaired) electrons. The highest BCUT2D eigenvalue weighted by Crippen LogP contribution is 2.35. The van der Waals surface area contributed by atoms with Gasteiger partial charge in [-0.1, -0.05) is 12.8 Å². The van der Waals surface area contributed by atoms with Crippen molar-refractivity contribution in [1.29, 1.82) is 0 Å². The molecule has 0 aromatic rings. The van der Waals surface area contributed by atoms with Crippen molar-refractivity contribution in [3.63, 3.8) is 0 Å². The van der Waals surface area contributed by atoms with Gasteiger partial charge in [0.05, 0.1) is 11.8 Å². The van der Waals surface area contributed by atoms with Gasteiger partial charge in [0.25, 0.3) is 0 Å². The van der Waals surface area contributed by atoms with E-state index in [2.05, 4.69) is 9.80 Å². The lowest BCUT2D eigenvalue weighted by atomic mass is 9.78. The maximum Gasteiger partial charge on any atom is 0.237 e. The number of carbonyl (C=O) groups is 1. The van der Waals surface area contributed by atoms with E-state index >= 15 is 0 Å². The fourth-order valence-corrected chi connectivity index (χ4v) is 6.19. The molecule has 2 aliphatic heterocycles. The molecule has 1 saturated carbocycles. The van der Waals surface area contributed by atoms with Gasteiger partial charge in [-0.15, -0.1) is 0 Å². The van der Waals surface area contributed by atoms with Gasteiger partial charge in [0, 0.05) is 32.2 Å². The molecule has 0 aromatic heterocycles. The Morgan fingerprint density at radius 1 is 0.923 bits per heavy atom. The number of piperidine rings is 1. The van der Waals surface area contributed by atoms with Crippen LogP contribution in [0.5, 0.6) is 0 Å². The Morgan fingerprint density at radius 2 is 1.65 bits per heavy atom. The number of likely N-dealkylation sites (tertiary alicyclic amines) is 1.